The minimum atomic E-state index is -3.14. The highest BCUT2D eigenvalue weighted by Gasteiger charge is 2.21. The summed E-state index contributed by atoms with van der Waals surface area (Å²) >= 11 is 0. The van der Waals surface area contributed by atoms with Crippen LogP contribution in [0.5, 0.6) is 0 Å². The number of hydrogen-bond donors (Lipinski definition) is 1. The predicted octanol–water partition coefficient (Wildman–Crippen LogP) is 2.66. The van der Waals surface area contributed by atoms with Crippen LogP contribution in [0, 0.1) is 0 Å². The number of carboxylic acid groups (broad SMARTS) is 1. The van der Waals surface area contributed by atoms with Crippen LogP contribution < -0.4 is 0 Å². The summed E-state index contributed by atoms with van der Waals surface area (Å²) in [4.78, 5) is 10.4. The molecular formula is C9H7F3O2. The van der Waals surface area contributed by atoms with E-state index in [1.54, 1.807) is 0 Å². The number of carboxylic acids is 1. The van der Waals surface area contributed by atoms with Crippen molar-refractivity contribution < 1.29 is 23.1 Å². The minimum absolute atomic E-state index is 0.203. The SMILES string of the molecule is O=C(O)c1cccc(C(F)C(F)F)c1. The monoisotopic (exact) mass is 204 g/mol. The van der Waals surface area contributed by atoms with Gasteiger partial charge in [-0.05, 0) is 17.7 Å². The van der Waals surface area contributed by atoms with Crippen LogP contribution in [0.25, 0.3) is 0 Å². The van der Waals surface area contributed by atoms with Crippen LogP contribution in [0.3, 0.4) is 0 Å². The van der Waals surface area contributed by atoms with Gasteiger partial charge in [-0.1, -0.05) is 12.1 Å². The van der Waals surface area contributed by atoms with Gasteiger partial charge in [-0.25, -0.2) is 18.0 Å². The minimum Gasteiger partial charge on any atom is -0.478 e. The second-order valence-electron chi connectivity index (χ2n) is 2.67. The van der Waals surface area contributed by atoms with Gasteiger partial charge in [0.25, 0.3) is 6.43 Å². The quantitative estimate of drug-likeness (QED) is 0.821. The van der Waals surface area contributed by atoms with Crippen LogP contribution in [-0.4, -0.2) is 17.5 Å². The molecule has 1 N–H and O–H groups in total. The maximum atomic E-state index is 12.8. The Kier molecular flexibility index (Phi) is 3.11. The molecule has 0 fully saturated rings. The molecule has 0 heterocycles. The van der Waals surface area contributed by atoms with Gasteiger partial charge in [0.2, 0.25) is 0 Å². The molecule has 0 aliphatic rings. The normalized spacial score (nSPS) is 12.9. The molecule has 0 amide bonds. The van der Waals surface area contributed by atoms with Crippen molar-refractivity contribution in [1.29, 1.82) is 0 Å². The molecule has 1 aromatic rings. The van der Waals surface area contributed by atoms with Gasteiger partial charge in [-0.3, -0.25) is 0 Å². The molecule has 0 aromatic heterocycles. The third-order valence-corrected chi connectivity index (χ3v) is 1.67. The summed E-state index contributed by atoms with van der Waals surface area (Å²) in [6, 6.07) is 4.47. The van der Waals surface area contributed by atoms with E-state index in [0.717, 1.165) is 12.1 Å². The Labute approximate surface area is 78.0 Å². The van der Waals surface area contributed by atoms with E-state index in [1.165, 1.54) is 12.1 Å². The van der Waals surface area contributed by atoms with Crippen molar-refractivity contribution in [2.75, 3.05) is 0 Å². The van der Waals surface area contributed by atoms with Crippen LogP contribution in [-0.2, 0) is 0 Å². The highest BCUT2D eigenvalue weighted by atomic mass is 19.3. The molecule has 14 heavy (non-hydrogen) atoms. The lowest BCUT2D eigenvalue weighted by molar-refractivity contribution is 0.0493. The Balaban J connectivity index is 2.99. The molecule has 0 spiro atoms. The van der Waals surface area contributed by atoms with Crippen molar-refractivity contribution in [3.05, 3.63) is 35.4 Å². The first-order valence-corrected chi connectivity index (χ1v) is 3.78. The summed E-state index contributed by atoms with van der Waals surface area (Å²) in [5, 5.41) is 8.52. The Bertz CT molecular complexity index is 339. The van der Waals surface area contributed by atoms with Crippen LogP contribution in [0.15, 0.2) is 24.3 Å². The van der Waals surface area contributed by atoms with Gasteiger partial charge in [-0.2, -0.15) is 0 Å². The first-order chi connectivity index (χ1) is 6.52. The van der Waals surface area contributed by atoms with Gasteiger partial charge >= 0.3 is 5.97 Å². The van der Waals surface area contributed by atoms with E-state index in [-0.39, 0.29) is 11.1 Å². The Morgan fingerprint density at radius 2 is 1.93 bits per heavy atom. The standard InChI is InChI=1S/C9H7F3O2/c10-7(8(11)12)5-2-1-3-6(4-5)9(13)14/h1-4,7-8H,(H,13,14). The molecular weight excluding hydrogens is 197 g/mol. The van der Waals surface area contributed by atoms with Crippen LogP contribution >= 0.6 is 0 Å². The second kappa shape index (κ2) is 4.13. The average Bonchev–Trinajstić information content (AvgIpc) is 2.16. The van der Waals surface area contributed by atoms with Crippen molar-refractivity contribution in [2.45, 2.75) is 12.6 Å². The number of hydrogen-bond acceptors (Lipinski definition) is 1. The molecule has 0 aliphatic carbocycles. The fourth-order valence-corrected chi connectivity index (χ4v) is 0.989. The van der Waals surface area contributed by atoms with Crippen LogP contribution in [0.1, 0.15) is 22.1 Å². The topological polar surface area (TPSA) is 37.3 Å². The van der Waals surface area contributed by atoms with Crippen molar-refractivity contribution in [2.24, 2.45) is 0 Å². The van der Waals surface area contributed by atoms with E-state index in [1.807, 2.05) is 0 Å². The van der Waals surface area contributed by atoms with Crippen LogP contribution in [0.4, 0.5) is 13.2 Å². The van der Waals surface area contributed by atoms with Gasteiger partial charge in [0.05, 0.1) is 5.56 Å². The summed E-state index contributed by atoms with van der Waals surface area (Å²) in [6.45, 7) is 0. The fourth-order valence-electron chi connectivity index (χ4n) is 0.989. The van der Waals surface area contributed by atoms with E-state index in [9.17, 15) is 18.0 Å². The zero-order valence-electron chi connectivity index (χ0n) is 6.95. The fraction of sp³-hybridized carbons (Fsp3) is 0.222. The van der Waals surface area contributed by atoms with E-state index in [0.29, 0.717) is 0 Å². The summed E-state index contributed by atoms with van der Waals surface area (Å²) in [6.07, 6.45) is -5.58. The maximum Gasteiger partial charge on any atom is 0.335 e. The maximum absolute atomic E-state index is 12.8. The number of carbonyl (C=O) groups is 1. The number of halogens is 3. The first-order valence-electron chi connectivity index (χ1n) is 3.78. The third-order valence-electron chi connectivity index (χ3n) is 1.67. The zero-order valence-corrected chi connectivity index (χ0v) is 6.95. The van der Waals surface area contributed by atoms with Crippen molar-refractivity contribution >= 4 is 5.97 Å². The summed E-state index contributed by atoms with van der Waals surface area (Å²) in [5.41, 5.74) is -0.522. The molecule has 0 radical (unpaired) electrons. The summed E-state index contributed by atoms with van der Waals surface area (Å²) < 4.78 is 36.6. The molecule has 2 nitrogen and oxygen atoms in total. The molecule has 0 saturated carbocycles. The summed E-state index contributed by atoms with van der Waals surface area (Å²) in [5.74, 6) is -1.27. The highest BCUT2D eigenvalue weighted by Crippen LogP contribution is 2.25. The van der Waals surface area contributed by atoms with Gasteiger partial charge in [-0.15, -0.1) is 0 Å². The molecule has 5 heteroatoms. The molecule has 1 aromatic carbocycles. The molecule has 1 rings (SSSR count). The largest absolute Gasteiger partial charge is 0.478 e. The molecule has 1 atom stereocenters. The highest BCUT2D eigenvalue weighted by molar-refractivity contribution is 5.87. The number of rotatable bonds is 3. The van der Waals surface area contributed by atoms with Crippen molar-refractivity contribution in [3.8, 4) is 0 Å². The van der Waals surface area contributed by atoms with Gasteiger partial charge in [0, 0.05) is 0 Å². The summed E-state index contributed by atoms with van der Waals surface area (Å²) in [7, 11) is 0. The number of benzene rings is 1. The van der Waals surface area contributed by atoms with Gasteiger partial charge in [0.1, 0.15) is 0 Å². The molecule has 0 saturated heterocycles. The average molecular weight is 204 g/mol. The van der Waals surface area contributed by atoms with E-state index >= 15 is 0 Å². The van der Waals surface area contributed by atoms with Gasteiger partial charge < -0.3 is 5.11 Å². The van der Waals surface area contributed by atoms with Crippen molar-refractivity contribution in [1.82, 2.24) is 0 Å². The Hall–Kier alpha value is -1.52. The van der Waals surface area contributed by atoms with E-state index < -0.39 is 18.6 Å². The molecule has 76 valence electrons. The Morgan fingerprint density at radius 1 is 1.29 bits per heavy atom. The molecule has 0 aliphatic heterocycles. The lowest BCUT2D eigenvalue weighted by Crippen LogP contribution is -2.05. The third kappa shape index (κ3) is 2.25. The van der Waals surface area contributed by atoms with E-state index in [4.69, 9.17) is 5.11 Å². The lowest BCUT2D eigenvalue weighted by Gasteiger charge is -2.07. The molecule has 0 bridgehead atoms. The zero-order chi connectivity index (χ0) is 10.7. The van der Waals surface area contributed by atoms with Crippen LogP contribution in [0.2, 0.25) is 0 Å². The molecule has 1 unspecified atom stereocenters. The van der Waals surface area contributed by atoms with Crippen molar-refractivity contribution in [3.63, 3.8) is 0 Å². The van der Waals surface area contributed by atoms with E-state index in [2.05, 4.69) is 0 Å². The lowest BCUT2D eigenvalue weighted by atomic mass is 10.1. The number of aromatic carboxylic acids is 1. The smallest absolute Gasteiger partial charge is 0.335 e. The number of alkyl halides is 3. The van der Waals surface area contributed by atoms with Gasteiger partial charge in [0.15, 0.2) is 6.17 Å². The predicted molar refractivity (Wildman–Crippen MR) is 43.3 cm³/mol. The second-order valence-corrected chi connectivity index (χ2v) is 2.67. The Morgan fingerprint density at radius 3 is 2.43 bits per heavy atom. The first kappa shape index (κ1) is 10.6.